The van der Waals surface area contributed by atoms with Gasteiger partial charge in [-0.05, 0) is 17.5 Å². The maximum atomic E-state index is 4.71. The molecule has 1 rings (SSSR count). The molecule has 0 aromatic carbocycles. The molecule has 0 amide bonds. The highest BCUT2D eigenvalue weighted by molar-refractivity contribution is 7.99. The summed E-state index contributed by atoms with van der Waals surface area (Å²) in [6.07, 6.45) is 0. The maximum Gasteiger partial charge on any atom is 0.0963 e. The summed E-state index contributed by atoms with van der Waals surface area (Å²) >= 11 is 1.85. The van der Waals surface area contributed by atoms with E-state index >= 15 is 0 Å². The number of hydrogen-bond donors (Lipinski definition) is 0. The van der Waals surface area contributed by atoms with Crippen molar-refractivity contribution in [1.82, 2.24) is 4.98 Å². The first-order valence-corrected chi connectivity index (χ1v) is 6.77. The minimum atomic E-state index is 0.137. The van der Waals surface area contributed by atoms with Gasteiger partial charge in [0.2, 0.25) is 0 Å². The number of thioether (sulfide) groups is 1. The second-order valence-corrected chi connectivity index (χ2v) is 7.46. The van der Waals surface area contributed by atoms with Gasteiger partial charge in [0.25, 0.3) is 0 Å². The van der Waals surface area contributed by atoms with Crippen LogP contribution in [0.2, 0.25) is 0 Å². The molecule has 1 aromatic heterocycles. The molecule has 0 unspecified atom stereocenters. The van der Waals surface area contributed by atoms with E-state index in [1.807, 2.05) is 11.8 Å². The van der Waals surface area contributed by atoms with Gasteiger partial charge in [-0.15, -0.1) is 11.8 Å². The van der Waals surface area contributed by atoms with Crippen molar-refractivity contribution in [3.05, 3.63) is 23.9 Å². The largest absolute Gasteiger partial charge is 0.246 e. The first kappa shape index (κ1) is 13.6. The Hall–Kier alpha value is -0.500. The molecule has 0 atom stereocenters. The van der Waals surface area contributed by atoms with Crippen molar-refractivity contribution in [2.24, 2.45) is 5.41 Å². The summed E-state index contributed by atoms with van der Waals surface area (Å²) in [6.45, 7) is 13.4. The highest BCUT2D eigenvalue weighted by Crippen LogP contribution is 2.28. The first-order valence-electron chi connectivity index (χ1n) is 5.79. The lowest BCUT2D eigenvalue weighted by Gasteiger charge is -2.20. The first-order chi connectivity index (χ1) is 7.18. The fourth-order valence-corrected chi connectivity index (χ4v) is 2.12. The Morgan fingerprint density at radius 1 is 1.06 bits per heavy atom. The molecular weight excluding hydrogens is 214 g/mol. The van der Waals surface area contributed by atoms with Crippen LogP contribution in [0.5, 0.6) is 0 Å². The zero-order valence-electron chi connectivity index (χ0n) is 11.3. The Labute approximate surface area is 104 Å². The van der Waals surface area contributed by atoms with E-state index in [-0.39, 0.29) is 5.41 Å². The molecule has 0 fully saturated rings. The summed E-state index contributed by atoms with van der Waals surface area (Å²) in [5, 5.41) is 1.14. The van der Waals surface area contributed by atoms with Crippen molar-refractivity contribution in [3.63, 3.8) is 0 Å². The van der Waals surface area contributed by atoms with Crippen LogP contribution < -0.4 is 0 Å². The lowest BCUT2D eigenvalue weighted by atomic mass is 9.92. The predicted molar refractivity (Wildman–Crippen MR) is 73.1 cm³/mol. The highest BCUT2D eigenvalue weighted by atomic mass is 32.2. The van der Waals surface area contributed by atoms with Gasteiger partial charge in [0.05, 0.1) is 5.03 Å². The molecule has 0 aliphatic heterocycles. The van der Waals surface area contributed by atoms with Crippen LogP contribution in [0, 0.1) is 5.41 Å². The zero-order valence-corrected chi connectivity index (χ0v) is 12.1. The van der Waals surface area contributed by atoms with Crippen LogP contribution in [-0.2, 0) is 5.41 Å². The van der Waals surface area contributed by atoms with Gasteiger partial charge in [-0.25, -0.2) is 4.98 Å². The smallest absolute Gasteiger partial charge is 0.0963 e. The number of nitrogens with zero attached hydrogens (tertiary/aromatic N) is 1. The van der Waals surface area contributed by atoms with E-state index in [4.69, 9.17) is 4.98 Å². The van der Waals surface area contributed by atoms with E-state index in [2.05, 4.69) is 59.7 Å². The van der Waals surface area contributed by atoms with Crippen LogP contribution in [-0.4, -0.2) is 10.7 Å². The molecule has 0 bridgehead atoms. The van der Waals surface area contributed by atoms with Gasteiger partial charge < -0.3 is 0 Å². The highest BCUT2D eigenvalue weighted by Gasteiger charge is 2.16. The van der Waals surface area contributed by atoms with E-state index in [9.17, 15) is 0 Å². The molecule has 2 heteroatoms. The third kappa shape index (κ3) is 4.56. The van der Waals surface area contributed by atoms with Crippen molar-refractivity contribution in [2.75, 3.05) is 5.75 Å². The van der Waals surface area contributed by atoms with Gasteiger partial charge in [-0.2, -0.15) is 0 Å². The van der Waals surface area contributed by atoms with Crippen LogP contribution in [0.3, 0.4) is 0 Å². The Morgan fingerprint density at radius 2 is 1.69 bits per heavy atom. The van der Waals surface area contributed by atoms with E-state index in [0.29, 0.717) is 5.41 Å². The van der Waals surface area contributed by atoms with Crippen molar-refractivity contribution < 1.29 is 0 Å². The quantitative estimate of drug-likeness (QED) is 0.702. The van der Waals surface area contributed by atoms with Crippen LogP contribution in [0.25, 0.3) is 0 Å². The summed E-state index contributed by atoms with van der Waals surface area (Å²) in [6, 6.07) is 6.32. The molecule has 0 aliphatic carbocycles. The molecular formula is C14H23NS. The Balaban J connectivity index is 2.76. The number of aromatic nitrogens is 1. The molecule has 0 spiro atoms. The third-order valence-electron chi connectivity index (χ3n) is 2.15. The van der Waals surface area contributed by atoms with Crippen molar-refractivity contribution in [2.45, 2.75) is 52.0 Å². The van der Waals surface area contributed by atoms with E-state index in [1.54, 1.807) is 0 Å². The fourth-order valence-electron chi connectivity index (χ4n) is 1.20. The monoisotopic (exact) mass is 237 g/mol. The van der Waals surface area contributed by atoms with Gasteiger partial charge in [0.1, 0.15) is 0 Å². The minimum Gasteiger partial charge on any atom is -0.246 e. The van der Waals surface area contributed by atoms with Crippen LogP contribution in [0.15, 0.2) is 23.2 Å². The van der Waals surface area contributed by atoms with Crippen LogP contribution >= 0.6 is 11.8 Å². The predicted octanol–water partition coefficient (Wildman–Crippen LogP) is 4.52. The third-order valence-corrected chi connectivity index (χ3v) is 3.68. The number of rotatable bonds is 2. The average Bonchev–Trinajstić information content (AvgIpc) is 2.13. The molecule has 0 radical (unpaired) electrons. The lowest BCUT2D eigenvalue weighted by molar-refractivity contribution is 0.480. The molecule has 0 aliphatic rings. The molecule has 0 N–H and O–H groups in total. The molecule has 0 saturated carbocycles. The molecule has 1 heterocycles. The van der Waals surface area contributed by atoms with Gasteiger partial charge in [-0.3, -0.25) is 0 Å². The molecule has 0 saturated heterocycles. The normalized spacial score (nSPS) is 12.9. The van der Waals surface area contributed by atoms with Gasteiger partial charge in [0, 0.05) is 16.9 Å². The summed E-state index contributed by atoms with van der Waals surface area (Å²) < 4.78 is 0. The van der Waals surface area contributed by atoms with Gasteiger partial charge in [-0.1, -0.05) is 47.6 Å². The molecule has 1 nitrogen and oxygen atoms in total. The van der Waals surface area contributed by atoms with Crippen molar-refractivity contribution in [3.8, 4) is 0 Å². The summed E-state index contributed by atoms with van der Waals surface area (Å²) in [4.78, 5) is 4.71. The van der Waals surface area contributed by atoms with Gasteiger partial charge in [0.15, 0.2) is 0 Å². The topological polar surface area (TPSA) is 12.9 Å². The number of pyridine rings is 1. The zero-order chi connectivity index (χ0) is 12.4. The Bertz CT molecular complexity index is 344. The summed E-state index contributed by atoms with van der Waals surface area (Å²) in [5.74, 6) is 1.10. The molecule has 90 valence electrons. The van der Waals surface area contributed by atoms with E-state index in [0.717, 1.165) is 10.8 Å². The number of hydrogen-bond acceptors (Lipinski definition) is 2. The second kappa shape index (κ2) is 4.79. The van der Waals surface area contributed by atoms with Crippen molar-refractivity contribution in [1.29, 1.82) is 0 Å². The maximum absolute atomic E-state index is 4.71. The Morgan fingerprint density at radius 3 is 2.19 bits per heavy atom. The summed E-state index contributed by atoms with van der Waals surface area (Å²) in [7, 11) is 0. The lowest BCUT2D eigenvalue weighted by Crippen LogP contribution is -2.14. The van der Waals surface area contributed by atoms with Crippen LogP contribution in [0.1, 0.15) is 47.2 Å². The summed E-state index contributed by atoms with van der Waals surface area (Å²) in [5.41, 5.74) is 1.66. The SMILES string of the molecule is CC(C)(C)CSc1cccc(C(C)(C)C)n1. The average molecular weight is 237 g/mol. The van der Waals surface area contributed by atoms with Crippen LogP contribution in [0.4, 0.5) is 0 Å². The standard InChI is InChI=1S/C14H23NS/c1-13(2,3)10-16-12-9-7-8-11(15-12)14(4,5)6/h7-9H,10H2,1-6H3. The molecule has 16 heavy (non-hydrogen) atoms. The van der Waals surface area contributed by atoms with E-state index in [1.165, 1.54) is 5.69 Å². The second-order valence-electron chi connectivity index (χ2n) is 6.46. The van der Waals surface area contributed by atoms with Gasteiger partial charge >= 0.3 is 0 Å². The minimum absolute atomic E-state index is 0.137. The van der Waals surface area contributed by atoms with Crippen molar-refractivity contribution >= 4 is 11.8 Å². The van der Waals surface area contributed by atoms with E-state index < -0.39 is 0 Å². The fraction of sp³-hybridized carbons (Fsp3) is 0.643. The molecule has 1 aromatic rings. The Kier molecular flexibility index (Phi) is 4.06.